The first-order valence-corrected chi connectivity index (χ1v) is 6.15. The van der Waals surface area contributed by atoms with Gasteiger partial charge in [-0.2, -0.15) is 0 Å². The van der Waals surface area contributed by atoms with Crippen LogP contribution in [0.15, 0.2) is 66.2 Å². The summed E-state index contributed by atoms with van der Waals surface area (Å²) in [4.78, 5) is 10.7. The third-order valence-electron chi connectivity index (χ3n) is 2.58. The Hall–Kier alpha value is -2.59. The lowest BCUT2D eigenvalue weighted by atomic mass is 10.1. The van der Waals surface area contributed by atoms with Gasteiger partial charge < -0.3 is 4.79 Å². The Bertz CT molecular complexity index is 613. The second-order valence-corrected chi connectivity index (χ2v) is 4.07. The van der Waals surface area contributed by atoms with Gasteiger partial charge in [0.15, 0.2) is 0 Å². The monoisotopic (exact) mass is 246 g/mol. The molecule has 19 heavy (non-hydrogen) atoms. The number of allylic oxidation sites excluding steroid dienone is 1. The van der Waals surface area contributed by atoms with Crippen LogP contribution < -0.4 is 0 Å². The fourth-order valence-corrected chi connectivity index (χ4v) is 1.66. The van der Waals surface area contributed by atoms with Crippen molar-refractivity contribution in [2.75, 3.05) is 0 Å². The number of hydrogen-bond donors (Lipinski definition) is 0. The Kier molecular flexibility index (Phi) is 4.72. The van der Waals surface area contributed by atoms with E-state index in [0.717, 1.165) is 23.0 Å². The van der Waals surface area contributed by atoms with E-state index in [1.807, 2.05) is 66.7 Å². The van der Waals surface area contributed by atoms with E-state index in [9.17, 15) is 4.79 Å². The van der Waals surface area contributed by atoms with Crippen LogP contribution in [0.4, 0.5) is 0 Å². The molecule has 2 aromatic carbocycles. The number of rotatable bonds is 3. The van der Waals surface area contributed by atoms with Crippen molar-refractivity contribution in [1.82, 2.24) is 0 Å². The first-order chi connectivity index (χ1) is 9.38. The zero-order valence-electron chi connectivity index (χ0n) is 10.5. The van der Waals surface area contributed by atoms with Crippen molar-refractivity contribution in [3.8, 4) is 11.8 Å². The van der Waals surface area contributed by atoms with Gasteiger partial charge in [-0.1, -0.05) is 60.4 Å². The Morgan fingerprint density at radius 2 is 1.58 bits per heavy atom. The average molecular weight is 246 g/mol. The third-order valence-corrected chi connectivity index (χ3v) is 2.58. The molecular formula is C18H14O. The topological polar surface area (TPSA) is 17.1 Å². The van der Waals surface area contributed by atoms with Crippen LogP contribution in [-0.4, -0.2) is 6.29 Å². The first-order valence-electron chi connectivity index (χ1n) is 6.15. The van der Waals surface area contributed by atoms with E-state index >= 15 is 0 Å². The van der Waals surface area contributed by atoms with Gasteiger partial charge in [0.25, 0.3) is 0 Å². The molecule has 0 saturated carbocycles. The Labute approximate surface area is 113 Å². The Morgan fingerprint density at radius 3 is 2.21 bits per heavy atom. The number of carbonyl (C=O) groups is 1. The van der Waals surface area contributed by atoms with E-state index in [1.165, 1.54) is 0 Å². The van der Waals surface area contributed by atoms with E-state index < -0.39 is 0 Å². The van der Waals surface area contributed by atoms with Crippen molar-refractivity contribution >= 4 is 12.4 Å². The fraction of sp³-hybridized carbons (Fsp3) is 0.0556. The highest BCUT2D eigenvalue weighted by molar-refractivity contribution is 5.67. The zero-order valence-corrected chi connectivity index (χ0v) is 10.5. The van der Waals surface area contributed by atoms with Crippen molar-refractivity contribution in [2.45, 2.75) is 6.42 Å². The van der Waals surface area contributed by atoms with Crippen LogP contribution in [0.3, 0.4) is 0 Å². The summed E-state index contributed by atoms with van der Waals surface area (Å²) in [6.07, 6.45) is 3.17. The molecule has 1 heteroatoms. The highest BCUT2D eigenvalue weighted by atomic mass is 16.1. The highest BCUT2D eigenvalue weighted by Gasteiger charge is 1.93. The van der Waals surface area contributed by atoms with Crippen molar-refractivity contribution in [1.29, 1.82) is 0 Å². The number of carbonyl (C=O) groups excluding carboxylic acids is 1. The van der Waals surface area contributed by atoms with Gasteiger partial charge >= 0.3 is 0 Å². The van der Waals surface area contributed by atoms with Gasteiger partial charge in [0.05, 0.1) is 0 Å². The number of aldehydes is 1. The molecule has 0 radical (unpaired) electrons. The highest BCUT2D eigenvalue weighted by Crippen LogP contribution is 2.08. The lowest BCUT2D eigenvalue weighted by Crippen LogP contribution is -1.82. The summed E-state index contributed by atoms with van der Waals surface area (Å²) in [5, 5.41) is 0. The molecule has 2 rings (SSSR count). The molecule has 1 nitrogen and oxygen atoms in total. The quantitative estimate of drug-likeness (QED) is 0.596. The first kappa shape index (κ1) is 12.9. The predicted octanol–water partition coefficient (Wildman–Crippen LogP) is 3.71. The minimum Gasteiger partial charge on any atom is -0.303 e. The molecule has 0 amide bonds. The maximum atomic E-state index is 10.7. The van der Waals surface area contributed by atoms with Crippen molar-refractivity contribution < 1.29 is 4.79 Å². The molecule has 2 aromatic rings. The average Bonchev–Trinajstić information content (AvgIpc) is 2.47. The van der Waals surface area contributed by atoms with Crippen LogP contribution in [0.25, 0.3) is 6.08 Å². The Balaban J connectivity index is 2.25. The van der Waals surface area contributed by atoms with Crippen molar-refractivity contribution in [3.05, 3.63) is 77.4 Å². The molecule has 0 aromatic heterocycles. The maximum Gasteiger partial charge on any atom is 0.125 e. The molecule has 0 aliphatic heterocycles. The van der Waals surface area contributed by atoms with Gasteiger partial charge in [-0.25, -0.2) is 0 Å². The lowest BCUT2D eigenvalue weighted by molar-refractivity contribution is -0.107. The molecule has 0 unspecified atom stereocenters. The molecule has 0 aliphatic carbocycles. The summed E-state index contributed by atoms with van der Waals surface area (Å²) in [5.41, 5.74) is 2.83. The SMILES string of the molecule is O=CC/C(C#Cc1ccccc1)=C/c1ccccc1. The minimum absolute atomic E-state index is 0.342. The molecular weight excluding hydrogens is 232 g/mol. The summed E-state index contributed by atoms with van der Waals surface area (Å²) < 4.78 is 0. The van der Waals surface area contributed by atoms with Gasteiger partial charge in [-0.15, -0.1) is 0 Å². The Morgan fingerprint density at radius 1 is 0.947 bits per heavy atom. The smallest absolute Gasteiger partial charge is 0.125 e. The van der Waals surface area contributed by atoms with Gasteiger partial charge in [0.1, 0.15) is 6.29 Å². The molecule has 0 spiro atoms. The van der Waals surface area contributed by atoms with Gasteiger partial charge in [-0.05, 0) is 23.8 Å². The predicted molar refractivity (Wildman–Crippen MR) is 78.4 cm³/mol. The molecule has 0 bridgehead atoms. The fourth-order valence-electron chi connectivity index (χ4n) is 1.66. The molecule has 0 atom stereocenters. The molecule has 92 valence electrons. The molecule has 0 fully saturated rings. The standard InChI is InChI=1S/C18H14O/c19-14-13-18(15-17-9-5-2-6-10-17)12-11-16-7-3-1-4-8-16/h1-10,14-15H,13H2/b18-15+. The summed E-state index contributed by atoms with van der Waals surface area (Å²) in [7, 11) is 0. The normalized spacial score (nSPS) is 10.4. The third kappa shape index (κ3) is 4.29. The van der Waals surface area contributed by atoms with E-state index in [0.29, 0.717) is 6.42 Å². The van der Waals surface area contributed by atoms with Gasteiger partial charge in [0.2, 0.25) is 0 Å². The zero-order chi connectivity index (χ0) is 13.3. The largest absolute Gasteiger partial charge is 0.303 e. The van der Waals surface area contributed by atoms with Crippen LogP contribution in [0, 0.1) is 11.8 Å². The summed E-state index contributed by atoms with van der Waals surface area (Å²) >= 11 is 0. The second-order valence-electron chi connectivity index (χ2n) is 4.07. The molecule has 0 saturated heterocycles. The van der Waals surface area contributed by atoms with Crippen LogP contribution >= 0.6 is 0 Å². The molecule has 0 N–H and O–H groups in total. The molecule has 0 aliphatic rings. The van der Waals surface area contributed by atoms with Crippen LogP contribution in [0.2, 0.25) is 0 Å². The van der Waals surface area contributed by atoms with Crippen molar-refractivity contribution in [2.24, 2.45) is 0 Å². The van der Waals surface area contributed by atoms with E-state index in [4.69, 9.17) is 0 Å². The van der Waals surface area contributed by atoms with Crippen LogP contribution in [0.1, 0.15) is 17.5 Å². The summed E-state index contributed by atoms with van der Waals surface area (Å²) in [6, 6.07) is 19.6. The number of benzene rings is 2. The van der Waals surface area contributed by atoms with Crippen LogP contribution in [0.5, 0.6) is 0 Å². The van der Waals surface area contributed by atoms with Crippen LogP contribution in [-0.2, 0) is 4.79 Å². The van der Waals surface area contributed by atoms with Crippen molar-refractivity contribution in [3.63, 3.8) is 0 Å². The summed E-state index contributed by atoms with van der Waals surface area (Å²) in [6.45, 7) is 0. The minimum atomic E-state index is 0.342. The molecule has 0 heterocycles. The lowest BCUT2D eigenvalue weighted by Gasteiger charge is -1.95. The van der Waals surface area contributed by atoms with Gasteiger partial charge in [0, 0.05) is 17.6 Å². The maximum absolute atomic E-state index is 10.7. The van der Waals surface area contributed by atoms with E-state index in [2.05, 4.69) is 11.8 Å². The second kappa shape index (κ2) is 6.98. The number of hydrogen-bond acceptors (Lipinski definition) is 1. The van der Waals surface area contributed by atoms with E-state index in [-0.39, 0.29) is 0 Å². The van der Waals surface area contributed by atoms with E-state index in [1.54, 1.807) is 0 Å². The van der Waals surface area contributed by atoms with Gasteiger partial charge in [-0.3, -0.25) is 0 Å². The summed E-state index contributed by atoms with van der Waals surface area (Å²) in [5.74, 6) is 6.14.